The zero-order valence-corrected chi connectivity index (χ0v) is 14.4. The highest BCUT2D eigenvalue weighted by Gasteiger charge is 2.30. The average molecular weight is 255 g/mol. The summed E-state index contributed by atoms with van der Waals surface area (Å²) in [5, 5.41) is 0. The highest BCUT2D eigenvalue weighted by molar-refractivity contribution is 4.83. The third-order valence-electron chi connectivity index (χ3n) is 3.69. The summed E-state index contributed by atoms with van der Waals surface area (Å²) in [5.74, 6) is 1.57. The minimum atomic E-state index is 0.455. The van der Waals surface area contributed by atoms with Crippen LogP contribution in [0.15, 0.2) is 0 Å². The lowest BCUT2D eigenvalue weighted by Gasteiger charge is -2.41. The first kappa shape index (κ1) is 18.0. The Morgan fingerprint density at radius 2 is 1.06 bits per heavy atom. The van der Waals surface area contributed by atoms with Crippen LogP contribution in [-0.4, -0.2) is 23.5 Å². The van der Waals surface area contributed by atoms with Crippen LogP contribution < -0.4 is 0 Å². The number of rotatable bonds is 8. The van der Waals surface area contributed by atoms with Crippen molar-refractivity contribution >= 4 is 0 Å². The molecule has 0 unspecified atom stereocenters. The van der Waals surface area contributed by atoms with Gasteiger partial charge in [0.15, 0.2) is 0 Å². The molecule has 0 aliphatic heterocycles. The van der Waals surface area contributed by atoms with Gasteiger partial charge in [-0.05, 0) is 57.8 Å². The summed E-state index contributed by atoms with van der Waals surface area (Å²) in [6, 6.07) is 1.28. The molecular formula is C17H37N. The summed E-state index contributed by atoms with van der Waals surface area (Å²) in [7, 11) is 0. The van der Waals surface area contributed by atoms with Crippen LogP contribution in [0.3, 0.4) is 0 Å². The molecule has 0 saturated heterocycles. The molecule has 1 nitrogen and oxygen atoms in total. The standard InChI is InChI=1S/C17H37N/c1-13(2)10-17(9,11-14(3)4)12-18(15(5)6)16(7)8/h13-16H,10-12H2,1-9H3. The molecule has 0 spiro atoms. The maximum atomic E-state index is 2.66. The summed E-state index contributed by atoms with van der Waals surface area (Å²) < 4.78 is 0. The van der Waals surface area contributed by atoms with Gasteiger partial charge in [0.05, 0.1) is 0 Å². The maximum Gasteiger partial charge on any atom is 0.00415 e. The number of nitrogens with zero attached hydrogens (tertiary/aromatic N) is 1. The van der Waals surface area contributed by atoms with Gasteiger partial charge >= 0.3 is 0 Å². The molecule has 0 fully saturated rings. The predicted octanol–water partition coefficient (Wildman–Crippen LogP) is 5.20. The molecule has 0 amide bonds. The van der Waals surface area contributed by atoms with Crippen LogP contribution in [0.4, 0.5) is 0 Å². The van der Waals surface area contributed by atoms with Gasteiger partial charge in [-0.2, -0.15) is 0 Å². The second-order valence-corrected chi connectivity index (χ2v) is 7.87. The summed E-state index contributed by atoms with van der Waals surface area (Å²) in [5.41, 5.74) is 0.455. The first-order valence-corrected chi connectivity index (χ1v) is 7.83. The quantitative estimate of drug-likeness (QED) is 0.576. The van der Waals surface area contributed by atoms with E-state index in [0.717, 1.165) is 11.8 Å². The first-order valence-electron chi connectivity index (χ1n) is 7.83. The first-order chi connectivity index (χ1) is 8.07. The van der Waals surface area contributed by atoms with Crippen LogP contribution in [0.2, 0.25) is 0 Å². The van der Waals surface area contributed by atoms with Crippen molar-refractivity contribution in [2.75, 3.05) is 6.54 Å². The zero-order chi connectivity index (χ0) is 14.5. The van der Waals surface area contributed by atoms with E-state index in [4.69, 9.17) is 0 Å². The molecule has 0 bridgehead atoms. The zero-order valence-electron chi connectivity index (χ0n) is 14.4. The lowest BCUT2D eigenvalue weighted by molar-refractivity contribution is 0.0728. The normalized spacial score (nSPS) is 13.7. The topological polar surface area (TPSA) is 3.24 Å². The summed E-state index contributed by atoms with van der Waals surface area (Å²) in [6.07, 6.45) is 2.67. The second kappa shape index (κ2) is 7.53. The fourth-order valence-corrected chi connectivity index (χ4v) is 3.59. The molecule has 1 heteroatoms. The molecular weight excluding hydrogens is 218 g/mol. The van der Waals surface area contributed by atoms with Crippen LogP contribution in [0.1, 0.15) is 75.2 Å². The van der Waals surface area contributed by atoms with Crippen molar-refractivity contribution in [2.24, 2.45) is 17.3 Å². The van der Waals surface area contributed by atoms with Gasteiger partial charge in [0.2, 0.25) is 0 Å². The van der Waals surface area contributed by atoms with Crippen molar-refractivity contribution in [1.82, 2.24) is 4.90 Å². The fraction of sp³-hybridized carbons (Fsp3) is 1.00. The van der Waals surface area contributed by atoms with E-state index in [1.165, 1.54) is 19.4 Å². The third-order valence-corrected chi connectivity index (χ3v) is 3.69. The SMILES string of the molecule is CC(C)CC(C)(CC(C)C)CN(C(C)C)C(C)C. The number of hydrogen-bond acceptors (Lipinski definition) is 1. The third kappa shape index (κ3) is 6.78. The lowest BCUT2D eigenvalue weighted by Crippen LogP contribution is -2.45. The van der Waals surface area contributed by atoms with Gasteiger partial charge in [0, 0.05) is 18.6 Å². The van der Waals surface area contributed by atoms with E-state index in [-0.39, 0.29) is 0 Å². The van der Waals surface area contributed by atoms with Crippen LogP contribution in [0.25, 0.3) is 0 Å². The Morgan fingerprint density at radius 3 is 1.28 bits per heavy atom. The van der Waals surface area contributed by atoms with E-state index >= 15 is 0 Å². The highest BCUT2D eigenvalue weighted by atomic mass is 15.2. The molecule has 0 aromatic heterocycles. The van der Waals surface area contributed by atoms with Gasteiger partial charge in [-0.1, -0.05) is 34.6 Å². The monoisotopic (exact) mass is 255 g/mol. The van der Waals surface area contributed by atoms with Crippen molar-refractivity contribution < 1.29 is 0 Å². The van der Waals surface area contributed by atoms with Crippen molar-refractivity contribution in [3.63, 3.8) is 0 Å². The smallest absolute Gasteiger partial charge is 0.00415 e. The predicted molar refractivity (Wildman–Crippen MR) is 84.0 cm³/mol. The van der Waals surface area contributed by atoms with Gasteiger partial charge in [-0.3, -0.25) is 4.90 Å². The van der Waals surface area contributed by atoms with Crippen LogP contribution in [0, 0.1) is 17.3 Å². The van der Waals surface area contributed by atoms with E-state index < -0.39 is 0 Å². The molecule has 0 saturated carbocycles. The van der Waals surface area contributed by atoms with E-state index in [0.29, 0.717) is 17.5 Å². The van der Waals surface area contributed by atoms with Crippen LogP contribution in [-0.2, 0) is 0 Å². The molecule has 0 aromatic carbocycles. The van der Waals surface area contributed by atoms with Gasteiger partial charge < -0.3 is 0 Å². The Kier molecular flexibility index (Phi) is 7.51. The Labute approximate surface area is 116 Å². The van der Waals surface area contributed by atoms with Gasteiger partial charge in [0.25, 0.3) is 0 Å². The highest BCUT2D eigenvalue weighted by Crippen LogP contribution is 2.35. The van der Waals surface area contributed by atoms with Crippen molar-refractivity contribution in [1.29, 1.82) is 0 Å². The van der Waals surface area contributed by atoms with Gasteiger partial charge in [-0.25, -0.2) is 0 Å². The van der Waals surface area contributed by atoms with Crippen molar-refractivity contribution in [3.05, 3.63) is 0 Å². The molecule has 0 aromatic rings. The van der Waals surface area contributed by atoms with Gasteiger partial charge in [0.1, 0.15) is 0 Å². The summed E-state index contributed by atoms with van der Waals surface area (Å²) in [6.45, 7) is 22.4. The van der Waals surface area contributed by atoms with Gasteiger partial charge in [-0.15, -0.1) is 0 Å². The number of hydrogen-bond donors (Lipinski definition) is 0. The lowest BCUT2D eigenvalue weighted by atomic mass is 9.75. The second-order valence-electron chi connectivity index (χ2n) is 7.87. The molecule has 0 heterocycles. The summed E-state index contributed by atoms with van der Waals surface area (Å²) >= 11 is 0. The molecule has 0 radical (unpaired) electrons. The fourth-order valence-electron chi connectivity index (χ4n) is 3.59. The molecule has 0 rings (SSSR count). The minimum absolute atomic E-state index is 0.455. The molecule has 18 heavy (non-hydrogen) atoms. The van der Waals surface area contributed by atoms with Crippen LogP contribution in [0.5, 0.6) is 0 Å². The molecule has 0 N–H and O–H groups in total. The van der Waals surface area contributed by atoms with Crippen molar-refractivity contribution in [2.45, 2.75) is 87.2 Å². The van der Waals surface area contributed by atoms with Crippen LogP contribution >= 0.6 is 0 Å². The largest absolute Gasteiger partial charge is 0.298 e. The Morgan fingerprint density at radius 1 is 0.722 bits per heavy atom. The maximum absolute atomic E-state index is 2.66. The Balaban J connectivity index is 4.84. The van der Waals surface area contributed by atoms with Crippen molar-refractivity contribution in [3.8, 4) is 0 Å². The average Bonchev–Trinajstić information content (AvgIpc) is 2.10. The molecule has 0 aliphatic carbocycles. The van der Waals surface area contributed by atoms with E-state index in [9.17, 15) is 0 Å². The molecule has 110 valence electrons. The Bertz CT molecular complexity index is 198. The molecule has 0 aliphatic rings. The molecule has 0 atom stereocenters. The minimum Gasteiger partial charge on any atom is -0.298 e. The summed E-state index contributed by atoms with van der Waals surface area (Å²) in [4.78, 5) is 2.66. The van der Waals surface area contributed by atoms with E-state index in [2.05, 4.69) is 67.2 Å². The Hall–Kier alpha value is -0.0400. The van der Waals surface area contributed by atoms with E-state index in [1.54, 1.807) is 0 Å². The van der Waals surface area contributed by atoms with E-state index in [1.807, 2.05) is 0 Å².